The van der Waals surface area contributed by atoms with Crippen molar-refractivity contribution in [3.8, 4) is 11.5 Å². The summed E-state index contributed by atoms with van der Waals surface area (Å²) in [6.45, 7) is 2.82. The van der Waals surface area contributed by atoms with Crippen molar-refractivity contribution in [1.82, 2.24) is 4.90 Å². The fourth-order valence-corrected chi connectivity index (χ4v) is 3.69. The van der Waals surface area contributed by atoms with E-state index in [1.807, 2.05) is 6.07 Å². The number of fused-ring (bicyclic) bond motifs is 1. The quantitative estimate of drug-likeness (QED) is 0.896. The first kappa shape index (κ1) is 15.1. The van der Waals surface area contributed by atoms with E-state index >= 15 is 0 Å². The van der Waals surface area contributed by atoms with Crippen LogP contribution in [0, 0.1) is 0 Å². The Labute approximate surface area is 133 Å². The van der Waals surface area contributed by atoms with Crippen LogP contribution in [0.25, 0.3) is 0 Å². The van der Waals surface area contributed by atoms with Crippen LogP contribution in [0.1, 0.15) is 24.4 Å². The van der Waals surface area contributed by atoms with Gasteiger partial charge in [0, 0.05) is 26.2 Å². The van der Waals surface area contributed by atoms with Crippen LogP contribution in [0.2, 0.25) is 0 Å². The Morgan fingerprint density at radius 2 is 2.33 bits per heavy atom. The molecule has 0 saturated carbocycles. The van der Waals surface area contributed by atoms with Crippen LogP contribution in [-0.2, 0) is 4.74 Å². The number of nitrogens with two attached hydrogens (primary N) is 1. The number of hydrogen-bond acceptors (Lipinski definition) is 5. The van der Waals surface area contributed by atoms with E-state index in [9.17, 15) is 0 Å². The third-order valence-corrected chi connectivity index (χ3v) is 4.83. The van der Waals surface area contributed by atoms with E-state index < -0.39 is 0 Å². The second-order valence-corrected chi connectivity index (χ2v) is 6.34. The molecule has 5 nitrogen and oxygen atoms in total. The Morgan fingerprint density at radius 3 is 3.10 bits per heavy atom. The number of nitrogens with zero attached hydrogens (tertiary/aromatic N) is 1. The molecule has 0 bridgehead atoms. The maximum Gasteiger partial charge on any atom is 0.231 e. The lowest BCUT2D eigenvalue weighted by atomic mass is 10.00. The lowest BCUT2D eigenvalue weighted by Gasteiger charge is -2.37. The molecule has 21 heavy (non-hydrogen) atoms. The van der Waals surface area contributed by atoms with Crippen molar-refractivity contribution >= 4 is 15.9 Å². The normalized spacial score (nSPS) is 23.3. The zero-order valence-electron chi connectivity index (χ0n) is 12.2. The summed E-state index contributed by atoms with van der Waals surface area (Å²) < 4.78 is 17.4. The van der Waals surface area contributed by atoms with E-state index in [0.29, 0.717) is 12.6 Å². The maximum absolute atomic E-state index is 6.05. The molecule has 2 heterocycles. The van der Waals surface area contributed by atoms with Crippen LogP contribution < -0.4 is 15.2 Å². The van der Waals surface area contributed by atoms with E-state index in [4.69, 9.17) is 19.9 Å². The molecule has 0 amide bonds. The van der Waals surface area contributed by atoms with Crippen molar-refractivity contribution in [3.63, 3.8) is 0 Å². The van der Waals surface area contributed by atoms with Crippen molar-refractivity contribution in [2.45, 2.75) is 25.0 Å². The van der Waals surface area contributed by atoms with Gasteiger partial charge in [-0.1, -0.05) is 0 Å². The second kappa shape index (κ2) is 6.52. The highest BCUT2D eigenvalue weighted by atomic mass is 79.9. The molecule has 2 unspecified atom stereocenters. The zero-order chi connectivity index (χ0) is 14.8. The number of hydrogen-bond donors (Lipinski definition) is 1. The minimum Gasteiger partial charge on any atom is -0.454 e. The molecule has 1 fully saturated rings. The summed E-state index contributed by atoms with van der Waals surface area (Å²) >= 11 is 3.56. The molecule has 3 rings (SSSR count). The van der Waals surface area contributed by atoms with E-state index in [2.05, 4.69) is 26.9 Å². The molecule has 1 aromatic carbocycles. The number of halogens is 1. The Bertz CT molecular complexity index is 512. The highest BCUT2D eigenvalue weighted by molar-refractivity contribution is 9.10. The van der Waals surface area contributed by atoms with E-state index in [1.54, 1.807) is 7.11 Å². The molecule has 0 radical (unpaired) electrons. The summed E-state index contributed by atoms with van der Waals surface area (Å²) in [5.74, 6) is 1.57. The molecule has 2 N–H and O–H groups in total. The van der Waals surface area contributed by atoms with E-state index in [1.165, 1.54) is 0 Å². The Balaban J connectivity index is 1.84. The standard InChI is InChI=1S/C15H21BrN2O3/c1-19-11-3-2-4-18(8-11)13(7-17)10-5-12(16)15-14(6-10)20-9-21-15/h5-6,11,13H,2-4,7-9,17H2,1H3. The van der Waals surface area contributed by atoms with Gasteiger partial charge >= 0.3 is 0 Å². The van der Waals surface area contributed by atoms with Crippen molar-refractivity contribution in [2.24, 2.45) is 5.73 Å². The first-order chi connectivity index (χ1) is 10.2. The number of piperidine rings is 1. The number of likely N-dealkylation sites (tertiary alicyclic amines) is 1. The Hall–Kier alpha value is -0.820. The molecular formula is C15H21BrN2O3. The third-order valence-electron chi connectivity index (χ3n) is 4.24. The molecule has 2 aliphatic heterocycles. The highest BCUT2D eigenvalue weighted by Crippen LogP contribution is 2.42. The largest absolute Gasteiger partial charge is 0.454 e. The van der Waals surface area contributed by atoms with Crippen LogP contribution in [0.5, 0.6) is 11.5 Å². The molecule has 116 valence electrons. The fraction of sp³-hybridized carbons (Fsp3) is 0.600. The Morgan fingerprint density at radius 1 is 1.48 bits per heavy atom. The van der Waals surface area contributed by atoms with Crippen LogP contribution in [-0.4, -0.2) is 44.5 Å². The third kappa shape index (κ3) is 3.04. The Kier molecular flexibility index (Phi) is 4.69. The second-order valence-electron chi connectivity index (χ2n) is 5.48. The van der Waals surface area contributed by atoms with E-state index in [0.717, 1.165) is 47.5 Å². The van der Waals surface area contributed by atoms with Gasteiger partial charge in [0.25, 0.3) is 0 Å². The number of ether oxygens (including phenoxy) is 3. The first-order valence-electron chi connectivity index (χ1n) is 7.29. The number of rotatable bonds is 4. The van der Waals surface area contributed by atoms with Crippen molar-refractivity contribution in [1.29, 1.82) is 0 Å². The molecule has 0 spiro atoms. The van der Waals surface area contributed by atoms with Gasteiger partial charge in [-0.2, -0.15) is 0 Å². The van der Waals surface area contributed by atoms with Gasteiger partial charge in [-0.05, 0) is 53.0 Å². The van der Waals surface area contributed by atoms with Crippen LogP contribution >= 0.6 is 15.9 Å². The zero-order valence-corrected chi connectivity index (χ0v) is 13.8. The summed E-state index contributed by atoms with van der Waals surface area (Å²) in [4.78, 5) is 2.40. The molecule has 0 aromatic heterocycles. The summed E-state index contributed by atoms with van der Waals surface area (Å²) in [7, 11) is 1.78. The van der Waals surface area contributed by atoms with Crippen LogP contribution in [0.15, 0.2) is 16.6 Å². The van der Waals surface area contributed by atoms with Crippen molar-refractivity contribution in [2.75, 3.05) is 33.5 Å². The van der Waals surface area contributed by atoms with Gasteiger partial charge < -0.3 is 19.9 Å². The average molecular weight is 357 g/mol. The average Bonchev–Trinajstić information content (AvgIpc) is 2.97. The van der Waals surface area contributed by atoms with Crippen molar-refractivity contribution < 1.29 is 14.2 Å². The van der Waals surface area contributed by atoms with Gasteiger partial charge in [-0.15, -0.1) is 0 Å². The van der Waals surface area contributed by atoms with Gasteiger partial charge in [0.1, 0.15) is 0 Å². The highest BCUT2D eigenvalue weighted by Gasteiger charge is 2.28. The molecule has 0 aliphatic carbocycles. The summed E-state index contributed by atoms with van der Waals surface area (Å²) in [6.07, 6.45) is 2.56. The fourth-order valence-electron chi connectivity index (χ4n) is 3.12. The van der Waals surface area contributed by atoms with Gasteiger partial charge in [0.15, 0.2) is 11.5 Å². The van der Waals surface area contributed by atoms with E-state index in [-0.39, 0.29) is 12.8 Å². The van der Waals surface area contributed by atoms with Gasteiger partial charge in [0.2, 0.25) is 6.79 Å². The van der Waals surface area contributed by atoms with Gasteiger partial charge in [-0.3, -0.25) is 4.90 Å². The molecule has 2 atom stereocenters. The number of methoxy groups -OCH3 is 1. The predicted molar refractivity (Wildman–Crippen MR) is 83.7 cm³/mol. The summed E-state index contributed by atoms with van der Waals surface area (Å²) in [5.41, 5.74) is 7.21. The molecule has 1 saturated heterocycles. The van der Waals surface area contributed by atoms with Crippen molar-refractivity contribution in [3.05, 3.63) is 22.2 Å². The molecule has 6 heteroatoms. The minimum absolute atomic E-state index is 0.175. The predicted octanol–water partition coefficient (Wildman–Crippen LogP) is 2.29. The topological polar surface area (TPSA) is 57.0 Å². The SMILES string of the molecule is COC1CCCN(C(CN)c2cc(Br)c3c(c2)OCO3)C1. The minimum atomic E-state index is 0.175. The molecule has 1 aromatic rings. The van der Waals surface area contributed by atoms with Gasteiger partial charge in [-0.25, -0.2) is 0 Å². The lowest BCUT2D eigenvalue weighted by molar-refractivity contribution is 0.0155. The monoisotopic (exact) mass is 356 g/mol. The molecular weight excluding hydrogens is 336 g/mol. The molecule has 2 aliphatic rings. The van der Waals surface area contributed by atoms with Crippen LogP contribution in [0.3, 0.4) is 0 Å². The first-order valence-corrected chi connectivity index (χ1v) is 8.08. The number of benzene rings is 1. The lowest BCUT2D eigenvalue weighted by Crippen LogP contribution is -2.43. The summed E-state index contributed by atoms with van der Waals surface area (Å²) in [6, 6.07) is 4.30. The smallest absolute Gasteiger partial charge is 0.231 e. The van der Waals surface area contributed by atoms with Crippen LogP contribution in [0.4, 0.5) is 0 Å². The summed E-state index contributed by atoms with van der Waals surface area (Å²) in [5, 5.41) is 0. The maximum atomic E-state index is 6.05. The van der Waals surface area contributed by atoms with Gasteiger partial charge in [0.05, 0.1) is 10.6 Å².